The Bertz CT molecular complexity index is 245. The molecule has 1 atom stereocenters. The Balaban J connectivity index is 3.82. The molecule has 4 nitrogen and oxygen atoms in total. The molecular weight excluding hydrogens is 196 g/mol. The highest BCUT2D eigenvalue weighted by atomic mass is 16.5. The third kappa shape index (κ3) is 5.88. The molecule has 0 amide bonds. The number of hydrogen-bond donors (Lipinski definition) is 0. The first kappa shape index (κ1) is 13.7. The van der Waals surface area contributed by atoms with Gasteiger partial charge < -0.3 is 9.47 Å². The van der Waals surface area contributed by atoms with Gasteiger partial charge in [0.1, 0.15) is 6.61 Å². The van der Waals surface area contributed by atoms with Crippen molar-refractivity contribution in [3.05, 3.63) is 12.2 Å². The molecule has 15 heavy (non-hydrogen) atoms. The van der Waals surface area contributed by atoms with Gasteiger partial charge in [-0.1, -0.05) is 13.5 Å². The summed E-state index contributed by atoms with van der Waals surface area (Å²) in [6, 6.07) is 0. The predicted octanol–water partition coefficient (Wildman–Crippen LogP) is 1.70. The van der Waals surface area contributed by atoms with Crippen molar-refractivity contribution in [2.75, 3.05) is 13.2 Å². The normalized spacial score (nSPS) is 11.7. The Hall–Kier alpha value is -1.32. The molecule has 0 N–H and O–H groups in total. The van der Waals surface area contributed by atoms with Crippen LogP contribution in [0.1, 0.15) is 27.2 Å². The molecule has 0 aliphatic rings. The number of rotatable bonds is 6. The van der Waals surface area contributed by atoms with E-state index in [0.717, 1.165) is 6.42 Å². The Morgan fingerprint density at radius 2 is 1.93 bits per heavy atom. The number of esters is 2. The van der Waals surface area contributed by atoms with Gasteiger partial charge in [0.05, 0.1) is 12.5 Å². The van der Waals surface area contributed by atoms with Gasteiger partial charge in [-0.25, -0.2) is 4.79 Å². The van der Waals surface area contributed by atoms with Crippen molar-refractivity contribution in [3.8, 4) is 0 Å². The molecule has 0 radical (unpaired) electrons. The zero-order valence-electron chi connectivity index (χ0n) is 9.54. The second-order valence-corrected chi connectivity index (χ2v) is 3.45. The van der Waals surface area contributed by atoms with Gasteiger partial charge in [0, 0.05) is 5.57 Å². The van der Waals surface area contributed by atoms with Crippen LogP contribution >= 0.6 is 0 Å². The fourth-order valence-electron chi connectivity index (χ4n) is 0.737. The summed E-state index contributed by atoms with van der Waals surface area (Å²) < 4.78 is 9.72. The lowest BCUT2D eigenvalue weighted by atomic mass is 10.2. The van der Waals surface area contributed by atoms with Crippen LogP contribution < -0.4 is 0 Å². The Morgan fingerprint density at radius 1 is 1.33 bits per heavy atom. The molecular formula is C11H18O4. The van der Waals surface area contributed by atoms with Crippen LogP contribution in [0.3, 0.4) is 0 Å². The quantitative estimate of drug-likeness (QED) is 0.498. The summed E-state index contributed by atoms with van der Waals surface area (Å²) in [5, 5.41) is 0. The van der Waals surface area contributed by atoms with Crippen LogP contribution in [0.25, 0.3) is 0 Å². The summed E-state index contributed by atoms with van der Waals surface area (Å²) in [6.45, 7) is 9.00. The first-order valence-corrected chi connectivity index (χ1v) is 4.98. The molecule has 4 heteroatoms. The molecule has 0 rings (SSSR count). The van der Waals surface area contributed by atoms with E-state index in [9.17, 15) is 9.59 Å². The maximum absolute atomic E-state index is 11.2. The zero-order valence-corrected chi connectivity index (χ0v) is 9.54. The van der Waals surface area contributed by atoms with E-state index in [-0.39, 0.29) is 12.6 Å². The van der Waals surface area contributed by atoms with Crippen LogP contribution in [-0.2, 0) is 19.1 Å². The van der Waals surface area contributed by atoms with Crippen LogP contribution in [0.4, 0.5) is 0 Å². The van der Waals surface area contributed by atoms with E-state index in [1.807, 2.05) is 6.92 Å². The van der Waals surface area contributed by atoms with Crippen molar-refractivity contribution in [3.63, 3.8) is 0 Å². The van der Waals surface area contributed by atoms with Crippen LogP contribution in [0.5, 0.6) is 0 Å². The minimum absolute atomic E-state index is 0.0360. The Morgan fingerprint density at radius 3 is 2.40 bits per heavy atom. The van der Waals surface area contributed by atoms with Crippen molar-refractivity contribution in [2.24, 2.45) is 5.92 Å². The van der Waals surface area contributed by atoms with E-state index >= 15 is 0 Å². The van der Waals surface area contributed by atoms with Gasteiger partial charge in [-0.15, -0.1) is 0 Å². The Kier molecular flexibility index (Phi) is 6.42. The molecule has 0 aromatic rings. The van der Waals surface area contributed by atoms with Gasteiger partial charge in [0.25, 0.3) is 0 Å². The van der Waals surface area contributed by atoms with E-state index in [1.54, 1.807) is 13.8 Å². The van der Waals surface area contributed by atoms with Crippen LogP contribution in [-0.4, -0.2) is 25.2 Å². The van der Waals surface area contributed by atoms with E-state index in [0.29, 0.717) is 12.2 Å². The molecule has 0 aromatic carbocycles. The Labute approximate surface area is 90.2 Å². The zero-order chi connectivity index (χ0) is 11.8. The molecule has 1 unspecified atom stereocenters. The molecule has 0 saturated heterocycles. The van der Waals surface area contributed by atoms with E-state index in [1.165, 1.54) is 0 Å². The molecule has 0 aliphatic heterocycles. The van der Waals surface area contributed by atoms with Crippen molar-refractivity contribution < 1.29 is 19.1 Å². The smallest absolute Gasteiger partial charge is 0.333 e. The summed E-state index contributed by atoms with van der Waals surface area (Å²) in [5.74, 6) is -1.25. The molecule has 0 heterocycles. The van der Waals surface area contributed by atoms with E-state index in [4.69, 9.17) is 9.47 Å². The fraction of sp³-hybridized carbons (Fsp3) is 0.636. The summed E-state index contributed by atoms with van der Waals surface area (Å²) in [5.41, 5.74) is 0.323. The van der Waals surface area contributed by atoms with Crippen LogP contribution in [0, 0.1) is 5.92 Å². The minimum Gasteiger partial charge on any atom is -0.465 e. The summed E-state index contributed by atoms with van der Waals surface area (Å²) in [4.78, 5) is 22.3. The largest absolute Gasteiger partial charge is 0.465 e. The predicted molar refractivity (Wildman–Crippen MR) is 56.2 cm³/mol. The maximum atomic E-state index is 11.2. The van der Waals surface area contributed by atoms with E-state index in [2.05, 4.69) is 6.58 Å². The summed E-state index contributed by atoms with van der Waals surface area (Å²) >= 11 is 0. The average molecular weight is 214 g/mol. The van der Waals surface area contributed by atoms with Crippen molar-refractivity contribution >= 4 is 11.9 Å². The summed E-state index contributed by atoms with van der Waals surface area (Å²) in [6.07, 6.45) is 0.782. The maximum Gasteiger partial charge on any atom is 0.333 e. The first-order chi connectivity index (χ1) is 6.99. The standard InChI is InChI=1S/C11H18O4/c1-5-6-14-11(13)9(4)7-15-10(12)8(2)3/h9H,2,5-7H2,1,3-4H3. The highest BCUT2D eigenvalue weighted by Crippen LogP contribution is 2.02. The molecule has 0 spiro atoms. The van der Waals surface area contributed by atoms with Gasteiger partial charge >= 0.3 is 11.9 Å². The van der Waals surface area contributed by atoms with Crippen molar-refractivity contribution in [1.29, 1.82) is 0 Å². The van der Waals surface area contributed by atoms with Crippen LogP contribution in [0.15, 0.2) is 12.2 Å². The van der Waals surface area contributed by atoms with Crippen molar-refractivity contribution in [1.82, 2.24) is 0 Å². The lowest BCUT2D eigenvalue weighted by molar-refractivity contribution is -0.152. The summed E-state index contributed by atoms with van der Waals surface area (Å²) in [7, 11) is 0. The highest BCUT2D eigenvalue weighted by molar-refractivity contribution is 5.87. The lowest BCUT2D eigenvalue weighted by Gasteiger charge is -2.11. The SMILES string of the molecule is C=C(C)C(=O)OCC(C)C(=O)OCCC. The van der Waals surface area contributed by atoms with Gasteiger partial charge in [-0.3, -0.25) is 4.79 Å². The number of ether oxygens (including phenoxy) is 2. The fourth-order valence-corrected chi connectivity index (χ4v) is 0.737. The topological polar surface area (TPSA) is 52.6 Å². The average Bonchev–Trinajstić information content (AvgIpc) is 2.21. The molecule has 0 bridgehead atoms. The third-order valence-corrected chi connectivity index (χ3v) is 1.66. The van der Waals surface area contributed by atoms with Gasteiger partial charge in [-0.2, -0.15) is 0 Å². The lowest BCUT2D eigenvalue weighted by Crippen LogP contribution is -2.22. The van der Waals surface area contributed by atoms with Gasteiger partial charge in [-0.05, 0) is 20.3 Å². The number of hydrogen-bond acceptors (Lipinski definition) is 4. The van der Waals surface area contributed by atoms with Gasteiger partial charge in [0.15, 0.2) is 0 Å². The van der Waals surface area contributed by atoms with E-state index < -0.39 is 11.9 Å². The van der Waals surface area contributed by atoms with Crippen molar-refractivity contribution in [2.45, 2.75) is 27.2 Å². The molecule has 0 aromatic heterocycles. The second-order valence-electron chi connectivity index (χ2n) is 3.45. The number of carbonyl (C=O) groups is 2. The second kappa shape index (κ2) is 7.04. The highest BCUT2D eigenvalue weighted by Gasteiger charge is 2.16. The molecule has 0 fully saturated rings. The first-order valence-electron chi connectivity index (χ1n) is 4.98. The minimum atomic E-state index is -0.481. The molecule has 86 valence electrons. The molecule has 0 saturated carbocycles. The third-order valence-electron chi connectivity index (χ3n) is 1.66. The van der Waals surface area contributed by atoms with Crippen LogP contribution in [0.2, 0.25) is 0 Å². The molecule has 0 aliphatic carbocycles. The number of carbonyl (C=O) groups excluding carboxylic acids is 2. The van der Waals surface area contributed by atoms with Gasteiger partial charge in [0.2, 0.25) is 0 Å². The monoisotopic (exact) mass is 214 g/mol.